The summed E-state index contributed by atoms with van der Waals surface area (Å²) in [5.41, 5.74) is 1.37. The molecule has 0 radical (unpaired) electrons. The molecular formula is C22H41N3. The summed E-state index contributed by atoms with van der Waals surface area (Å²) in [6.45, 7) is 14.1. The number of hydrogen-bond donors (Lipinski definition) is 0. The van der Waals surface area contributed by atoms with Gasteiger partial charge in [-0.25, -0.2) is 0 Å². The Hall–Kier alpha value is -0.830. The van der Waals surface area contributed by atoms with Crippen LogP contribution in [0.15, 0.2) is 12.4 Å². The summed E-state index contributed by atoms with van der Waals surface area (Å²) in [6, 6.07) is 0. The molecule has 0 saturated carbocycles. The van der Waals surface area contributed by atoms with Crippen LogP contribution in [0.4, 0.5) is 0 Å². The maximum absolute atomic E-state index is 4.55. The summed E-state index contributed by atoms with van der Waals surface area (Å²) >= 11 is 0. The fourth-order valence-corrected chi connectivity index (χ4v) is 3.85. The van der Waals surface area contributed by atoms with Crippen molar-refractivity contribution < 1.29 is 0 Å². The Labute approximate surface area is 156 Å². The minimum absolute atomic E-state index is 0.584. The molecule has 0 aromatic carbocycles. The molecule has 1 aliphatic heterocycles. The van der Waals surface area contributed by atoms with E-state index in [1.807, 2.05) is 6.20 Å². The summed E-state index contributed by atoms with van der Waals surface area (Å²) in [5, 5.41) is 4.55. The van der Waals surface area contributed by atoms with Crippen molar-refractivity contribution in [3.05, 3.63) is 18.0 Å². The average Bonchev–Trinajstić information content (AvgIpc) is 3.04. The minimum Gasteiger partial charge on any atom is -0.303 e. The highest BCUT2D eigenvalue weighted by atomic mass is 15.3. The molecule has 0 bridgehead atoms. The topological polar surface area (TPSA) is 21.1 Å². The van der Waals surface area contributed by atoms with E-state index >= 15 is 0 Å². The molecule has 0 atom stereocenters. The molecule has 0 amide bonds. The average molecular weight is 348 g/mol. The highest BCUT2D eigenvalue weighted by Gasteiger charge is 2.19. The van der Waals surface area contributed by atoms with E-state index < -0.39 is 0 Å². The zero-order chi connectivity index (χ0) is 18.1. The number of aromatic nitrogens is 2. The van der Waals surface area contributed by atoms with Crippen molar-refractivity contribution in [1.29, 1.82) is 0 Å². The Morgan fingerprint density at radius 2 is 1.68 bits per heavy atom. The lowest BCUT2D eigenvalue weighted by atomic mass is 9.96. The van der Waals surface area contributed by atoms with E-state index in [2.05, 4.69) is 48.6 Å². The van der Waals surface area contributed by atoms with Gasteiger partial charge in [-0.15, -0.1) is 0 Å². The number of rotatable bonds is 11. The maximum atomic E-state index is 4.55. The van der Waals surface area contributed by atoms with Gasteiger partial charge in [-0.1, -0.05) is 59.8 Å². The molecule has 3 nitrogen and oxygen atoms in total. The normalized spacial score (nSPS) is 17.0. The third-order valence-electron chi connectivity index (χ3n) is 5.73. The maximum Gasteiger partial charge on any atom is 0.0524 e. The van der Waals surface area contributed by atoms with E-state index in [4.69, 9.17) is 0 Å². The van der Waals surface area contributed by atoms with Gasteiger partial charge in [0.2, 0.25) is 0 Å². The molecule has 0 unspecified atom stereocenters. The van der Waals surface area contributed by atoms with Gasteiger partial charge in [-0.3, -0.25) is 4.68 Å². The van der Waals surface area contributed by atoms with Crippen LogP contribution in [0.3, 0.4) is 0 Å². The van der Waals surface area contributed by atoms with Crippen molar-refractivity contribution in [3.8, 4) is 0 Å². The van der Waals surface area contributed by atoms with E-state index in [9.17, 15) is 0 Å². The van der Waals surface area contributed by atoms with Crippen LogP contribution in [0, 0.1) is 11.8 Å². The highest BCUT2D eigenvalue weighted by molar-refractivity contribution is 5.08. The zero-order valence-electron chi connectivity index (χ0n) is 17.2. The Kier molecular flexibility index (Phi) is 9.02. The largest absolute Gasteiger partial charge is 0.303 e. The smallest absolute Gasteiger partial charge is 0.0524 e. The highest BCUT2D eigenvalue weighted by Crippen LogP contribution is 2.21. The second-order valence-corrected chi connectivity index (χ2v) is 8.89. The first-order valence-electron chi connectivity index (χ1n) is 10.8. The molecule has 2 rings (SSSR count). The van der Waals surface area contributed by atoms with Crippen LogP contribution < -0.4 is 0 Å². The molecule has 1 aliphatic rings. The van der Waals surface area contributed by atoms with Crippen LogP contribution in [0.5, 0.6) is 0 Å². The lowest BCUT2D eigenvalue weighted by Crippen LogP contribution is -2.35. The SMILES string of the molecule is CC(C)CCCCCCCN1CCC(Cn2cc(C(C)C)cn2)CC1. The molecule has 1 fully saturated rings. The number of unbranched alkanes of at least 4 members (excludes halogenated alkanes) is 4. The molecule has 0 aliphatic carbocycles. The Bertz CT molecular complexity index is 456. The van der Waals surface area contributed by atoms with Crippen LogP contribution >= 0.6 is 0 Å². The van der Waals surface area contributed by atoms with Gasteiger partial charge in [0.15, 0.2) is 0 Å². The summed E-state index contributed by atoms with van der Waals surface area (Å²) < 4.78 is 2.17. The number of hydrogen-bond acceptors (Lipinski definition) is 2. The van der Waals surface area contributed by atoms with Crippen molar-refractivity contribution >= 4 is 0 Å². The first-order valence-corrected chi connectivity index (χ1v) is 10.8. The first-order chi connectivity index (χ1) is 12.0. The third-order valence-corrected chi connectivity index (χ3v) is 5.73. The molecule has 144 valence electrons. The monoisotopic (exact) mass is 347 g/mol. The standard InChI is InChI=1S/C22H41N3/c1-19(2)10-8-6-5-7-9-13-24-14-11-21(12-15-24)17-25-18-22(16-23-25)20(3)4/h16,18-21H,5-15,17H2,1-4H3. The predicted molar refractivity (Wildman–Crippen MR) is 108 cm³/mol. The van der Waals surface area contributed by atoms with Crippen LogP contribution in [0.2, 0.25) is 0 Å². The molecule has 1 saturated heterocycles. The molecule has 2 heterocycles. The lowest BCUT2D eigenvalue weighted by molar-refractivity contribution is 0.168. The molecular weight excluding hydrogens is 306 g/mol. The van der Waals surface area contributed by atoms with Gasteiger partial charge >= 0.3 is 0 Å². The Morgan fingerprint density at radius 3 is 2.32 bits per heavy atom. The number of piperidine rings is 1. The van der Waals surface area contributed by atoms with Crippen molar-refractivity contribution in [1.82, 2.24) is 14.7 Å². The van der Waals surface area contributed by atoms with E-state index in [1.54, 1.807) is 0 Å². The van der Waals surface area contributed by atoms with Gasteiger partial charge in [0.05, 0.1) is 6.20 Å². The fourth-order valence-electron chi connectivity index (χ4n) is 3.85. The van der Waals surface area contributed by atoms with Crippen LogP contribution in [0.1, 0.15) is 90.5 Å². The molecule has 25 heavy (non-hydrogen) atoms. The van der Waals surface area contributed by atoms with Gasteiger partial charge < -0.3 is 4.90 Å². The van der Waals surface area contributed by atoms with Gasteiger partial charge in [0.1, 0.15) is 0 Å². The van der Waals surface area contributed by atoms with Crippen molar-refractivity contribution in [2.24, 2.45) is 11.8 Å². The molecule has 3 heteroatoms. The van der Waals surface area contributed by atoms with Crippen molar-refractivity contribution in [2.45, 2.75) is 91.5 Å². The molecule has 0 N–H and O–H groups in total. The fraction of sp³-hybridized carbons (Fsp3) is 0.864. The van der Waals surface area contributed by atoms with Gasteiger partial charge in [0.25, 0.3) is 0 Å². The van der Waals surface area contributed by atoms with Crippen LogP contribution in [0.25, 0.3) is 0 Å². The predicted octanol–water partition coefficient (Wildman–Crippen LogP) is 5.72. The van der Waals surface area contributed by atoms with Gasteiger partial charge in [-0.05, 0) is 62.2 Å². The second-order valence-electron chi connectivity index (χ2n) is 8.89. The summed E-state index contributed by atoms with van der Waals surface area (Å²) in [6.07, 6.45) is 15.5. The van der Waals surface area contributed by atoms with Crippen molar-refractivity contribution in [2.75, 3.05) is 19.6 Å². The quantitative estimate of drug-likeness (QED) is 0.478. The Morgan fingerprint density at radius 1 is 1.00 bits per heavy atom. The Balaban J connectivity index is 1.52. The van der Waals surface area contributed by atoms with Crippen LogP contribution in [-0.4, -0.2) is 34.3 Å². The van der Waals surface area contributed by atoms with Gasteiger partial charge in [-0.2, -0.15) is 5.10 Å². The summed E-state index contributed by atoms with van der Waals surface area (Å²) in [4.78, 5) is 2.69. The number of likely N-dealkylation sites (tertiary alicyclic amines) is 1. The molecule has 0 spiro atoms. The third kappa shape index (κ3) is 7.94. The van der Waals surface area contributed by atoms with Crippen molar-refractivity contribution in [3.63, 3.8) is 0 Å². The van der Waals surface area contributed by atoms with E-state index in [1.165, 1.54) is 76.6 Å². The van der Waals surface area contributed by atoms with Gasteiger partial charge in [0, 0.05) is 12.7 Å². The summed E-state index contributed by atoms with van der Waals surface area (Å²) in [7, 11) is 0. The zero-order valence-corrected chi connectivity index (χ0v) is 17.2. The van der Waals surface area contributed by atoms with Crippen LogP contribution in [-0.2, 0) is 6.54 Å². The minimum atomic E-state index is 0.584. The molecule has 1 aromatic heterocycles. The number of nitrogens with zero attached hydrogens (tertiary/aromatic N) is 3. The lowest BCUT2D eigenvalue weighted by Gasteiger charge is -2.31. The van der Waals surface area contributed by atoms with E-state index in [0.717, 1.165) is 18.4 Å². The second kappa shape index (κ2) is 11.0. The first kappa shape index (κ1) is 20.5. The van der Waals surface area contributed by atoms with E-state index in [-0.39, 0.29) is 0 Å². The molecule has 1 aromatic rings. The van der Waals surface area contributed by atoms with E-state index in [0.29, 0.717) is 5.92 Å². The summed E-state index contributed by atoms with van der Waals surface area (Å²) in [5.74, 6) is 2.27.